The zero-order valence-corrected chi connectivity index (χ0v) is 11.3. The molecule has 0 bridgehead atoms. The smallest absolute Gasteiger partial charge is 0.0584 e. The van der Waals surface area contributed by atoms with Gasteiger partial charge >= 0.3 is 0 Å². The fraction of sp³-hybridized carbons (Fsp3) is 0.333. The van der Waals surface area contributed by atoms with Crippen molar-refractivity contribution in [3.05, 3.63) is 57.8 Å². The summed E-state index contributed by atoms with van der Waals surface area (Å²) in [6, 6.07) is 11.5. The van der Waals surface area contributed by atoms with Gasteiger partial charge in [-0.3, -0.25) is 0 Å². The number of nitrogens with one attached hydrogen (secondary N) is 1. The number of benzene rings is 1. The first-order valence-electron chi connectivity index (χ1n) is 6.19. The van der Waals surface area contributed by atoms with E-state index in [4.69, 9.17) is 0 Å². The van der Waals surface area contributed by atoms with E-state index in [2.05, 4.69) is 60.3 Å². The van der Waals surface area contributed by atoms with Crippen molar-refractivity contribution >= 4 is 11.3 Å². The Morgan fingerprint density at radius 3 is 2.35 bits per heavy atom. The molecule has 17 heavy (non-hydrogen) atoms. The Hall–Kier alpha value is -1.12. The fourth-order valence-electron chi connectivity index (χ4n) is 2.02. The Morgan fingerprint density at radius 2 is 1.82 bits per heavy atom. The molecule has 0 fully saturated rings. The Morgan fingerprint density at radius 1 is 1.06 bits per heavy atom. The van der Waals surface area contributed by atoms with Crippen molar-refractivity contribution < 1.29 is 0 Å². The van der Waals surface area contributed by atoms with Gasteiger partial charge in [-0.05, 0) is 46.5 Å². The van der Waals surface area contributed by atoms with Crippen LogP contribution in [-0.2, 0) is 6.42 Å². The van der Waals surface area contributed by atoms with Crippen molar-refractivity contribution in [1.29, 1.82) is 0 Å². The first-order valence-corrected chi connectivity index (χ1v) is 7.13. The molecular formula is C15H19NS. The largest absolute Gasteiger partial charge is 0.307 e. The van der Waals surface area contributed by atoms with Crippen LogP contribution in [0.4, 0.5) is 0 Å². The van der Waals surface area contributed by atoms with Crippen LogP contribution in [0.25, 0.3) is 0 Å². The molecule has 1 atom stereocenters. The van der Waals surface area contributed by atoms with Crippen LogP contribution < -0.4 is 5.32 Å². The molecule has 0 radical (unpaired) electrons. The third-order valence-corrected chi connectivity index (χ3v) is 3.71. The topological polar surface area (TPSA) is 12.0 Å². The van der Waals surface area contributed by atoms with Crippen molar-refractivity contribution in [2.45, 2.75) is 26.3 Å². The lowest BCUT2D eigenvalue weighted by Gasteiger charge is -2.17. The van der Waals surface area contributed by atoms with E-state index in [9.17, 15) is 0 Å². The molecule has 0 aliphatic carbocycles. The number of hydrogen-bond acceptors (Lipinski definition) is 2. The van der Waals surface area contributed by atoms with E-state index in [0.717, 1.165) is 13.0 Å². The summed E-state index contributed by atoms with van der Waals surface area (Å²) in [6.07, 6.45) is 1.10. The van der Waals surface area contributed by atoms with Gasteiger partial charge in [0.05, 0.1) is 6.04 Å². The van der Waals surface area contributed by atoms with Crippen molar-refractivity contribution in [3.8, 4) is 0 Å². The highest BCUT2D eigenvalue weighted by atomic mass is 32.1. The number of hydrogen-bond donors (Lipinski definition) is 1. The van der Waals surface area contributed by atoms with Gasteiger partial charge < -0.3 is 5.32 Å². The Labute approximate surface area is 108 Å². The first kappa shape index (κ1) is 12.3. The standard InChI is InChI=1S/C15H19NS/c1-3-12-5-7-13(8-6-12)15(16-4-2)14-9-10-17-11-14/h5-11,15-16H,3-4H2,1-2H3. The highest BCUT2D eigenvalue weighted by Crippen LogP contribution is 2.24. The molecule has 1 heterocycles. The number of aryl methyl sites for hydroxylation is 1. The minimum Gasteiger partial charge on any atom is -0.307 e. The van der Waals surface area contributed by atoms with Crippen LogP contribution in [0, 0.1) is 0 Å². The van der Waals surface area contributed by atoms with E-state index in [1.165, 1.54) is 16.7 Å². The molecule has 90 valence electrons. The second-order valence-corrected chi connectivity index (χ2v) is 4.92. The second kappa shape index (κ2) is 5.99. The van der Waals surface area contributed by atoms with Crippen LogP contribution in [0.15, 0.2) is 41.1 Å². The zero-order valence-electron chi connectivity index (χ0n) is 10.4. The maximum absolute atomic E-state index is 3.55. The molecular weight excluding hydrogens is 226 g/mol. The summed E-state index contributed by atoms with van der Waals surface area (Å²) in [5.74, 6) is 0. The predicted molar refractivity (Wildman–Crippen MR) is 75.7 cm³/mol. The van der Waals surface area contributed by atoms with Crippen molar-refractivity contribution in [1.82, 2.24) is 5.32 Å². The highest BCUT2D eigenvalue weighted by Gasteiger charge is 2.12. The molecule has 2 heteroatoms. The molecule has 1 aromatic heterocycles. The molecule has 1 N–H and O–H groups in total. The van der Waals surface area contributed by atoms with Crippen LogP contribution in [0.5, 0.6) is 0 Å². The molecule has 0 spiro atoms. The monoisotopic (exact) mass is 245 g/mol. The van der Waals surface area contributed by atoms with E-state index in [0.29, 0.717) is 6.04 Å². The maximum atomic E-state index is 3.55. The Bertz CT molecular complexity index is 430. The minimum atomic E-state index is 0.331. The third kappa shape index (κ3) is 2.96. The lowest BCUT2D eigenvalue weighted by Crippen LogP contribution is -2.21. The van der Waals surface area contributed by atoms with E-state index in [1.54, 1.807) is 11.3 Å². The average Bonchev–Trinajstić information content (AvgIpc) is 2.90. The maximum Gasteiger partial charge on any atom is 0.0584 e. The Kier molecular flexibility index (Phi) is 4.35. The molecule has 2 rings (SSSR count). The van der Waals surface area contributed by atoms with Gasteiger partial charge in [-0.25, -0.2) is 0 Å². The van der Waals surface area contributed by atoms with Gasteiger partial charge in [-0.2, -0.15) is 11.3 Å². The molecule has 1 aromatic carbocycles. The quantitative estimate of drug-likeness (QED) is 0.839. The summed E-state index contributed by atoms with van der Waals surface area (Å²) in [7, 11) is 0. The van der Waals surface area contributed by atoms with Crippen molar-refractivity contribution in [2.24, 2.45) is 0 Å². The molecule has 0 aliphatic rings. The molecule has 1 unspecified atom stereocenters. The van der Waals surface area contributed by atoms with Crippen LogP contribution in [0.3, 0.4) is 0 Å². The van der Waals surface area contributed by atoms with Gasteiger partial charge in [-0.1, -0.05) is 38.1 Å². The average molecular weight is 245 g/mol. The van der Waals surface area contributed by atoms with E-state index >= 15 is 0 Å². The summed E-state index contributed by atoms with van der Waals surface area (Å²) < 4.78 is 0. The van der Waals surface area contributed by atoms with Gasteiger partial charge in [0, 0.05) is 0 Å². The summed E-state index contributed by atoms with van der Waals surface area (Å²) in [5.41, 5.74) is 4.11. The van der Waals surface area contributed by atoms with Crippen LogP contribution >= 0.6 is 11.3 Å². The molecule has 1 nitrogen and oxygen atoms in total. The van der Waals surface area contributed by atoms with Gasteiger partial charge in [-0.15, -0.1) is 0 Å². The lowest BCUT2D eigenvalue weighted by molar-refractivity contribution is 0.632. The van der Waals surface area contributed by atoms with Crippen LogP contribution in [0.1, 0.15) is 36.6 Å². The third-order valence-electron chi connectivity index (χ3n) is 3.01. The number of thiophene rings is 1. The van der Waals surface area contributed by atoms with Crippen molar-refractivity contribution in [2.75, 3.05) is 6.54 Å². The Balaban J connectivity index is 2.26. The van der Waals surface area contributed by atoms with E-state index < -0.39 is 0 Å². The molecule has 0 saturated heterocycles. The normalized spacial score (nSPS) is 12.6. The molecule has 0 aliphatic heterocycles. The van der Waals surface area contributed by atoms with Gasteiger partial charge in [0.25, 0.3) is 0 Å². The molecule has 0 amide bonds. The first-order chi connectivity index (χ1) is 8.35. The highest BCUT2D eigenvalue weighted by molar-refractivity contribution is 7.08. The van der Waals surface area contributed by atoms with Crippen molar-refractivity contribution in [3.63, 3.8) is 0 Å². The van der Waals surface area contributed by atoms with Crippen LogP contribution in [0.2, 0.25) is 0 Å². The summed E-state index contributed by atoms with van der Waals surface area (Å²) in [4.78, 5) is 0. The minimum absolute atomic E-state index is 0.331. The second-order valence-electron chi connectivity index (χ2n) is 4.14. The summed E-state index contributed by atoms with van der Waals surface area (Å²) in [5, 5.41) is 7.91. The molecule has 0 saturated carbocycles. The zero-order chi connectivity index (χ0) is 12.1. The van der Waals surface area contributed by atoms with E-state index in [-0.39, 0.29) is 0 Å². The van der Waals surface area contributed by atoms with Crippen LogP contribution in [-0.4, -0.2) is 6.54 Å². The predicted octanol–water partition coefficient (Wildman–Crippen LogP) is 4.01. The summed E-state index contributed by atoms with van der Waals surface area (Å²) >= 11 is 1.76. The fourth-order valence-corrected chi connectivity index (χ4v) is 2.70. The van der Waals surface area contributed by atoms with Gasteiger partial charge in [0.15, 0.2) is 0 Å². The lowest BCUT2D eigenvalue weighted by atomic mass is 9.99. The summed E-state index contributed by atoms with van der Waals surface area (Å²) in [6.45, 7) is 5.32. The SMILES string of the molecule is CCNC(c1ccc(CC)cc1)c1ccsc1. The molecule has 2 aromatic rings. The van der Waals surface area contributed by atoms with E-state index in [1.807, 2.05) is 0 Å². The van der Waals surface area contributed by atoms with Gasteiger partial charge in [0.1, 0.15) is 0 Å². The van der Waals surface area contributed by atoms with Gasteiger partial charge in [0.2, 0.25) is 0 Å². The number of rotatable bonds is 5.